The molecule has 3 heterocycles. The molecule has 1 saturated heterocycles. The predicted octanol–water partition coefficient (Wildman–Crippen LogP) is 1.77. The van der Waals surface area contributed by atoms with Gasteiger partial charge in [0.1, 0.15) is 5.82 Å². The molecule has 0 radical (unpaired) electrons. The number of carbonyl (C=O) groups is 2. The molecule has 1 aliphatic rings. The van der Waals surface area contributed by atoms with Gasteiger partial charge in [-0.25, -0.2) is 9.18 Å². The van der Waals surface area contributed by atoms with Crippen LogP contribution >= 0.6 is 0 Å². The van der Waals surface area contributed by atoms with E-state index in [-0.39, 0.29) is 50.0 Å². The Bertz CT molecular complexity index is 1600. The second-order valence-electron chi connectivity index (χ2n) is 8.59. The molecule has 184 valence electrons. The summed E-state index contributed by atoms with van der Waals surface area (Å²) in [5.41, 5.74) is 0.343. The Labute approximate surface area is 203 Å². The van der Waals surface area contributed by atoms with E-state index < -0.39 is 23.0 Å². The van der Waals surface area contributed by atoms with Gasteiger partial charge in [-0.3, -0.25) is 23.9 Å². The normalized spacial score (nSPS) is 13.8. The van der Waals surface area contributed by atoms with E-state index in [4.69, 9.17) is 4.52 Å². The maximum atomic E-state index is 14.7. The monoisotopic (exact) mass is 491 g/mol. The van der Waals surface area contributed by atoms with E-state index in [1.807, 2.05) is 0 Å². The topological polar surface area (TPSA) is 122 Å². The smallest absolute Gasteiger partial charge is 0.329 e. The SMILES string of the molecule is Cc1cc(C(=O)N2CCN(C(=O)c3cc(Cn4c(=O)[nH]c(=O)c5ccccc54)ccc3F)CC2)on1. The van der Waals surface area contributed by atoms with E-state index in [1.165, 1.54) is 27.7 Å². The van der Waals surface area contributed by atoms with E-state index in [1.54, 1.807) is 42.2 Å². The molecular weight excluding hydrogens is 469 g/mol. The number of aryl methyl sites for hydroxylation is 1. The summed E-state index contributed by atoms with van der Waals surface area (Å²) >= 11 is 0. The lowest BCUT2D eigenvalue weighted by Crippen LogP contribution is -2.50. The first-order chi connectivity index (χ1) is 17.3. The van der Waals surface area contributed by atoms with Crippen LogP contribution in [0.5, 0.6) is 0 Å². The Morgan fingerprint density at radius 1 is 1.00 bits per heavy atom. The summed E-state index contributed by atoms with van der Waals surface area (Å²) in [4.78, 5) is 55.6. The first-order valence-corrected chi connectivity index (χ1v) is 11.3. The van der Waals surface area contributed by atoms with E-state index in [0.29, 0.717) is 22.2 Å². The van der Waals surface area contributed by atoms with Crippen LogP contribution in [0.2, 0.25) is 0 Å². The minimum atomic E-state index is -0.682. The highest BCUT2D eigenvalue weighted by Crippen LogP contribution is 2.18. The highest BCUT2D eigenvalue weighted by atomic mass is 19.1. The summed E-state index contributed by atoms with van der Waals surface area (Å²) < 4.78 is 21.1. The van der Waals surface area contributed by atoms with Crippen molar-refractivity contribution >= 4 is 22.7 Å². The highest BCUT2D eigenvalue weighted by molar-refractivity contribution is 5.95. The molecule has 0 spiro atoms. The van der Waals surface area contributed by atoms with E-state index >= 15 is 0 Å². The number of hydrogen-bond donors (Lipinski definition) is 1. The molecule has 1 aliphatic heterocycles. The van der Waals surface area contributed by atoms with Gasteiger partial charge in [-0.15, -0.1) is 0 Å². The number of carbonyl (C=O) groups excluding carboxylic acids is 2. The van der Waals surface area contributed by atoms with Crippen molar-refractivity contribution in [2.45, 2.75) is 13.5 Å². The quantitative estimate of drug-likeness (QED) is 0.465. The van der Waals surface area contributed by atoms with Crippen LogP contribution in [0.4, 0.5) is 4.39 Å². The Morgan fingerprint density at radius 3 is 2.39 bits per heavy atom. The number of amides is 2. The van der Waals surface area contributed by atoms with Gasteiger partial charge in [-0.1, -0.05) is 23.4 Å². The van der Waals surface area contributed by atoms with Crippen molar-refractivity contribution in [3.63, 3.8) is 0 Å². The molecule has 0 saturated carbocycles. The van der Waals surface area contributed by atoms with Gasteiger partial charge >= 0.3 is 5.69 Å². The van der Waals surface area contributed by atoms with Gasteiger partial charge in [0, 0.05) is 32.2 Å². The van der Waals surface area contributed by atoms with Crippen molar-refractivity contribution in [2.24, 2.45) is 0 Å². The number of para-hydroxylation sites is 1. The van der Waals surface area contributed by atoms with E-state index in [2.05, 4.69) is 10.1 Å². The average molecular weight is 491 g/mol. The fraction of sp³-hybridized carbons (Fsp3) is 0.240. The number of halogens is 1. The van der Waals surface area contributed by atoms with Crippen molar-refractivity contribution in [1.82, 2.24) is 24.5 Å². The third-order valence-electron chi connectivity index (χ3n) is 6.20. The number of benzene rings is 2. The molecule has 2 aromatic carbocycles. The van der Waals surface area contributed by atoms with Gasteiger partial charge in [0.15, 0.2) is 0 Å². The van der Waals surface area contributed by atoms with Gasteiger partial charge in [0.05, 0.1) is 28.7 Å². The molecular formula is C25H22FN5O5. The van der Waals surface area contributed by atoms with Gasteiger partial charge in [-0.05, 0) is 36.8 Å². The Kier molecular flexibility index (Phi) is 5.96. The molecule has 0 aliphatic carbocycles. The number of aromatic nitrogens is 3. The fourth-order valence-corrected chi connectivity index (χ4v) is 4.32. The van der Waals surface area contributed by atoms with Crippen molar-refractivity contribution in [1.29, 1.82) is 0 Å². The molecule has 0 bridgehead atoms. The van der Waals surface area contributed by atoms with Crippen LogP contribution in [0.25, 0.3) is 10.9 Å². The molecule has 10 nitrogen and oxygen atoms in total. The summed E-state index contributed by atoms with van der Waals surface area (Å²) in [5, 5.41) is 4.07. The lowest BCUT2D eigenvalue weighted by molar-refractivity contribution is 0.0510. The number of nitrogens with zero attached hydrogens (tertiary/aromatic N) is 4. The van der Waals surface area contributed by atoms with Crippen LogP contribution in [0.15, 0.2) is 62.6 Å². The largest absolute Gasteiger partial charge is 0.351 e. The minimum absolute atomic E-state index is 0.0373. The molecule has 0 unspecified atom stereocenters. The maximum absolute atomic E-state index is 14.7. The summed E-state index contributed by atoms with van der Waals surface area (Å²) in [5.74, 6) is -1.36. The second kappa shape index (κ2) is 9.25. The molecule has 11 heteroatoms. The van der Waals surface area contributed by atoms with Crippen LogP contribution < -0.4 is 11.2 Å². The maximum Gasteiger partial charge on any atom is 0.329 e. The molecule has 4 aromatic rings. The van der Waals surface area contributed by atoms with E-state index in [9.17, 15) is 23.6 Å². The Balaban J connectivity index is 1.34. The molecule has 2 amide bonds. The molecule has 36 heavy (non-hydrogen) atoms. The lowest BCUT2D eigenvalue weighted by Gasteiger charge is -2.34. The number of H-pyrrole nitrogens is 1. The number of hydrogen-bond acceptors (Lipinski definition) is 6. The molecule has 0 atom stereocenters. The van der Waals surface area contributed by atoms with Crippen LogP contribution in [0.1, 0.15) is 32.2 Å². The average Bonchev–Trinajstić information content (AvgIpc) is 3.33. The van der Waals surface area contributed by atoms with Gasteiger partial charge in [0.25, 0.3) is 17.4 Å². The summed E-state index contributed by atoms with van der Waals surface area (Å²) in [7, 11) is 0. The third-order valence-corrected chi connectivity index (χ3v) is 6.20. The highest BCUT2D eigenvalue weighted by Gasteiger charge is 2.28. The standard InChI is InChI=1S/C25H22FN5O5/c1-15-12-21(36-28-15)24(34)30-10-8-29(9-11-30)23(33)18-13-16(6-7-19(18)26)14-31-20-5-3-2-4-17(20)22(32)27-25(31)35/h2-7,12-13H,8-11,14H2,1H3,(H,27,32,35). The Hall–Kier alpha value is -4.54. The number of rotatable bonds is 4. The fourth-order valence-electron chi connectivity index (χ4n) is 4.32. The zero-order valence-corrected chi connectivity index (χ0v) is 19.4. The van der Waals surface area contributed by atoms with Gasteiger partial charge < -0.3 is 14.3 Å². The number of aromatic amines is 1. The van der Waals surface area contributed by atoms with Crippen molar-refractivity contribution in [2.75, 3.05) is 26.2 Å². The van der Waals surface area contributed by atoms with Crippen LogP contribution in [0, 0.1) is 12.7 Å². The summed E-state index contributed by atoms with van der Waals surface area (Å²) in [6.07, 6.45) is 0. The molecule has 5 rings (SSSR count). The first-order valence-electron chi connectivity index (χ1n) is 11.3. The van der Waals surface area contributed by atoms with Crippen LogP contribution in [0.3, 0.4) is 0 Å². The second-order valence-corrected chi connectivity index (χ2v) is 8.59. The summed E-state index contributed by atoms with van der Waals surface area (Å²) in [6.45, 7) is 2.75. The molecule has 1 fully saturated rings. The number of nitrogens with one attached hydrogen (secondary N) is 1. The van der Waals surface area contributed by atoms with Crippen LogP contribution in [-0.4, -0.2) is 62.5 Å². The van der Waals surface area contributed by atoms with E-state index in [0.717, 1.165) is 0 Å². The van der Waals surface area contributed by atoms with Gasteiger partial charge in [0.2, 0.25) is 5.76 Å². The third kappa shape index (κ3) is 4.30. The Morgan fingerprint density at radius 2 is 1.69 bits per heavy atom. The minimum Gasteiger partial charge on any atom is -0.351 e. The zero-order valence-electron chi connectivity index (χ0n) is 19.4. The lowest BCUT2D eigenvalue weighted by atomic mass is 10.1. The first kappa shape index (κ1) is 23.2. The number of fused-ring (bicyclic) bond motifs is 1. The molecule has 2 aromatic heterocycles. The number of piperazine rings is 1. The van der Waals surface area contributed by atoms with Crippen LogP contribution in [-0.2, 0) is 6.54 Å². The predicted molar refractivity (Wildman–Crippen MR) is 127 cm³/mol. The summed E-state index contributed by atoms with van der Waals surface area (Å²) in [6, 6.07) is 12.3. The van der Waals surface area contributed by atoms with Crippen molar-refractivity contribution in [3.05, 3.63) is 97.8 Å². The van der Waals surface area contributed by atoms with Gasteiger partial charge in [-0.2, -0.15) is 0 Å². The zero-order chi connectivity index (χ0) is 25.4. The van der Waals surface area contributed by atoms with Crippen molar-refractivity contribution in [3.8, 4) is 0 Å². The van der Waals surface area contributed by atoms with Crippen molar-refractivity contribution < 1.29 is 18.5 Å². The molecule has 1 N–H and O–H groups in total.